The van der Waals surface area contributed by atoms with Crippen molar-refractivity contribution < 1.29 is 34.5 Å². The zero-order chi connectivity index (χ0) is 18.9. The first-order valence-electron chi connectivity index (χ1n) is 7.08. The molecule has 4 unspecified atom stereocenters. The Bertz CT molecular complexity index is 472. The lowest BCUT2D eigenvalue weighted by molar-refractivity contribution is -0.145. The normalized spacial score (nSPS) is 15.7. The SMILES string of the molecule is CSCCC(NC(=O)C(N)CC(=O)O)C(=O)NC(C(=O)O)C(C)O. The highest BCUT2D eigenvalue weighted by molar-refractivity contribution is 7.98. The molecule has 0 aliphatic rings. The van der Waals surface area contributed by atoms with Crippen LogP contribution in [-0.4, -0.2) is 75.3 Å². The second kappa shape index (κ2) is 10.8. The van der Waals surface area contributed by atoms with Gasteiger partial charge in [0.15, 0.2) is 6.04 Å². The minimum absolute atomic E-state index is 0.185. The Morgan fingerprint density at radius 2 is 1.71 bits per heavy atom. The number of hydrogen-bond acceptors (Lipinski definition) is 7. The van der Waals surface area contributed by atoms with E-state index < -0.39 is 54.4 Å². The highest BCUT2D eigenvalue weighted by atomic mass is 32.2. The van der Waals surface area contributed by atoms with Crippen LogP contribution in [0.2, 0.25) is 0 Å². The van der Waals surface area contributed by atoms with E-state index in [2.05, 4.69) is 10.6 Å². The number of carboxylic acid groups (broad SMARTS) is 2. The molecule has 2 amide bonds. The fraction of sp³-hybridized carbons (Fsp3) is 0.692. The van der Waals surface area contributed by atoms with Gasteiger partial charge in [-0.25, -0.2) is 4.79 Å². The maximum atomic E-state index is 12.2. The van der Waals surface area contributed by atoms with E-state index >= 15 is 0 Å². The number of carbonyl (C=O) groups excluding carboxylic acids is 2. The second-order valence-corrected chi connectivity index (χ2v) is 6.10. The van der Waals surface area contributed by atoms with Crippen molar-refractivity contribution in [2.75, 3.05) is 12.0 Å². The molecule has 0 fully saturated rings. The Morgan fingerprint density at radius 3 is 2.12 bits per heavy atom. The van der Waals surface area contributed by atoms with Crippen LogP contribution < -0.4 is 16.4 Å². The lowest BCUT2D eigenvalue weighted by atomic mass is 10.1. The van der Waals surface area contributed by atoms with Crippen LogP contribution in [0.25, 0.3) is 0 Å². The molecule has 0 aromatic heterocycles. The van der Waals surface area contributed by atoms with Crippen molar-refractivity contribution >= 4 is 35.5 Å². The Morgan fingerprint density at radius 1 is 1.12 bits per heavy atom. The number of aliphatic carboxylic acids is 2. The van der Waals surface area contributed by atoms with E-state index in [1.807, 2.05) is 0 Å². The predicted octanol–water partition coefficient (Wildman–Crippen LogP) is -2.02. The molecule has 11 heteroatoms. The highest BCUT2D eigenvalue weighted by Crippen LogP contribution is 2.04. The van der Waals surface area contributed by atoms with E-state index in [-0.39, 0.29) is 6.42 Å². The minimum atomic E-state index is -1.53. The van der Waals surface area contributed by atoms with Crippen molar-refractivity contribution in [1.82, 2.24) is 10.6 Å². The fourth-order valence-electron chi connectivity index (χ4n) is 1.71. The van der Waals surface area contributed by atoms with Gasteiger partial charge in [-0.1, -0.05) is 0 Å². The zero-order valence-electron chi connectivity index (χ0n) is 13.4. The summed E-state index contributed by atoms with van der Waals surface area (Å²) in [5.74, 6) is -3.83. The van der Waals surface area contributed by atoms with Gasteiger partial charge in [0.25, 0.3) is 0 Å². The summed E-state index contributed by atoms with van der Waals surface area (Å²) in [5, 5.41) is 31.4. The van der Waals surface area contributed by atoms with E-state index in [4.69, 9.17) is 15.9 Å². The van der Waals surface area contributed by atoms with Gasteiger partial charge in [0.2, 0.25) is 11.8 Å². The van der Waals surface area contributed by atoms with E-state index in [0.717, 1.165) is 0 Å². The molecule has 0 saturated heterocycles. The Labute approximate surface area is 143 Å². The van der Waals surface area contributed by atoms with Crippen LogP contribution in [0.4, 0.5) is 0 Å². The second-order valence-electron chi connectivity index (χ2n) is 5.11. The van der Waals surface area contributed by atoms with Crippen LogP contribution in [-0.2, 0) is 19.2 Å². The zero-order valence-corrected chi connectivity index (χ0v) is 14.2. The summed E-state index contributed by atoms with van der Waals surface area (Å²) in [5.41, 5.74) is 5.43. The molecule has 0 heterocycles. The molecule has 0 saturated carbocycles. The van der Waals surface area contributed by atoms with E-state index in [1.54, 1.807) is 6.26 Å². The summed E-state index contributed by atoms with van der Waals surface area (Å²) in [6, 6.07) is -3.96. The van der Waals surface area contributed by atoms with E-state index in [9.17, 15) is 24.3 Å². The number of hydrogen-bond donors (Lipinski definition) is 6. The molecule has 0 rings (SSSR count). The van der Waals surface area contributed by atoms with Crippen LogP contribution >= 0.6 is 11.8 Å². The topological polar surface area (TPSA) is 179 Å². The van der Waals surface area contributed by atoms with Crippen molar-refractivity contribution in [2.24, 2.45) is 5.73 Å². The average Bonchev–Trinajstić information content (AvgIpc) is 2.46. The molecule has 4 atom stereocenters. The quantitative estimate of drug-likeness (QED) is 0.241. The van der Waals surface area contributed by atoms with Crippen LogP contribution in [0.15, 0.2) is 0 Å². The molecule has 0 spiro atoms. The third-order valence-electron chi connectivity index (χ3n) is 3.02. The molecule has 0 bridgehead atoms. The third kappa shape index (κ3) is 8.13. The van der Waals surface area contributed by atoms with Gasteiger partial charge in [-0.15, -0.1) is 0 Å². The van der Waals surface area contributed by atoms with Gasteiger partial charge < -0.3 is 31.7 Å². The highest BCUT2D eigenvalue weighted by Gasteiger charge is 2.30. The summed E-state index contributed by atoms with van der Waals surface area (Å²) in [6.45, 7) is 1.21. The summed E-state index contributed by atoms with van der Waals surface area (Å²) in [7, 11) is 0. The van der Waals surface area contributed by atoms with Gasteiger partial charge in [0.1, 0.15) is 6.04 Å². The third-order valence-corrected chi connectivity index (χ3v) is 3.67. The van der Waals surface area contributed by atoms with Gasteiger partial charge in [-0.05, 0) is 25.4 Å². The first kappa shape index (κ1) is 22.1. The number of nitrogens with two attached hydrogens (primary N) is 1. The number of carboxylic acids is 2. The lowest BCUT2D eigenvalue weighted by Crippen LogP contribution is -2.56. The minimum Gasteiger partial charge on any atom is -0.481 e. The smallest absolute Gasteiger partial charge is 0.328 e. The largest absolute Gasteiger partial charge is 0.481 e. The Hall–Kier alpha value is -1.85. The molecule has 7 N–H and O–H groups in total. The van der Waals surface area contributed by atoms with Crippen LogP contribution in [0, 0.1) is 0 Å². The summed E-state index contributed by atoms with van der Waals surface area (Å²) in [6.07, 6.45) is 0.0272. The van der Waals surface area contributed by atoms with Crippen LogP contribution in [0.1, 0.15) is 19.8 Å². The molecular weight excluding hydrogens is 342 g/mol. The Kier molecular flexibility index (Phi) is 10.0. The van der Waals surface area contributed by atoms with Gasteiger partial charge >= 0.3 is 11.9 Å². The molecule has 138 valence electrons. The van der Waals surface area contributed by atoms with Crippen LogP contribution in [0.3, 0.4) is 0 Å². The maximum Gasteiger partial charge on any atom is 0.328 e. The molecular formula is C13H23N3O7S. The standard InChI is InChI=1S/C13H23N3O7S/c1-6(17)10(13(22)23)16-12(21)8(3-4-24-2)15-11(20)7(14)5-9(18)19/h6-8,10,17H,3-5,14H2,1-2H3,(H,15,20)(H,16,21)(H,18,19)(H,22,23). The first-order valence-corrected chi connectivity index (χ1v) is 8.47. The first-order chi connectivity index (χ1) is 11.1. The van der Waals surface area contributed by atoms with Crippen molar-refractivity contribution in [3.05, 3.63) is 0 Å². The fourth-order valence-corrected chi connectivity index (χ4v) is 2.18. The van der Waals surface area contributed by atoms with Gasteiger partial charge in [0, 0.05) is 0 Å². The Balaban J connectivity index is 4.97. The molecule has 24 heavy (non-hydrogen) atoms. The van der Waals surface area contributed by atoms with E-state index in [1.165, 1.54) is 18.7 Å². The number of carbonyl (C=O) groups is 4. The summed E-state index contributed by atoms with van der Waals surface area (Å²) in [4.78, 5) is 45.6. The van der Waals surface area contributed by atoms with Gasteiger partial charge in [0.05, 0.1) is 18.6 Å². The number of amides is 2. The van der Waals surface area contributed by atoms with Crippen molar-refractivity contribution in [3.63, 3.8) is 0 Å². The molecule has 0 aromatic rings. The maximum absolute atomic E-state index is 12.2. The van der Waals surface area contributed by atoms with E-state index in [0.29, 0.717) is 5.75 Å². The summed E-state index contributed by atoms with van der Waals surface area (Å²) < 4.78 is 0. The van der Waals surface area contributed by atoms with Crippen molar-refractivity contribution in [2.45, 2.75) is 44.0 Å². The number of rotatable bonds is 11. The van der Waals surface area contributed by atoms with Gasteiger partial charge in [-0.2, -0.15) is 11.8 Å². The molecule has 0 aliphatic heterocycles. The number of aliphatic hydroxyl groups is 1. The number of aliphatic hydroxyl groups excluding tert-OH is 1. The molecule has 0 aromatic carbocycles. The predicted molar refractivity (Wildman–Crippen MR) is 86.4 cm³/mol. The molecule has 10 nitrogen and oxygen atoms in total. The summed E-state index contributed by atoms with van der Waals surface area (Å²) >= 11 is 1.40. The number of thioether (sulfide) groups is 1. The monoisotopic (exact) mass is 365 g/mol. The van der Waals surface area contributed by atoms with Crippen LogP contribution in [0.5, 0.6) is 0 Å². The lowest BCUT2D eigenvalue weighted by Gasteiger charge is -2.23. The van der Waals surface area contributed by atoms with Gasteiger partial charge in [-0.3, -0.25) is 14.4 Å². The molecule has 0 aliphatic carbocycles. The molecule has 0 radical (unpaired) electrons. The van der Waals surface area contributed by atoms with Crippen molar-refractivity contribution in [1.29, 1.82) is 0 Å². The van der Waals surface area contributed by atoms with Crippen molar-refractivity contribution in [3.8, 4) is 0 Å². The average molecular weight is 365 g/mol. The number of nitrogens with one attached hydrogen (secondary N) is 2.